The minimum Gasteiger partial charge on any atom is -0.398 e. The first-order valence-electron chi connectivity index (χ1n) is 3.85. The molecule has 6 heteroatoms. The van der Waals surface area contributed by atoms with Gasteiger partial charge in [0.25, 0.3) is 0 Å². The Morgan fingerprint density at radius 3 is 2.71 bits per heavy atom. The molecule has 0 amide bonds. The van der Waals surface area contributed by atoms with Gasteiger partial charge in [0.15, 0.2) is 0 Å². The summed E-state index contributed by atoms with van der Waals surface area (Å²) >= 11 is 0. The molecule has 3 nitrogen and oxygen atoms in total. The zero-order valence-electron chi connectivity index (χ0n) is 6.92. The van der Waals surface area contributed by atoms with Crippen LogP contribution in [0.3, 0.4) is 0 Å². The number of halogens is 3. The van der Waals surface area contributed by atoms with Gasteiger partial charge < -0.3 is 5.73 Å². The van der Waals surface area contributed by atoms with Crippen LogP contribution in [0.4, 0.5) is 13.2 Å². The van der Waals surface area contributed by atoms with Gasteiger partial charge in [-0.3, -0.25) is 0 Å². The van der Waals surface area contributed by atoms with Crippen LogP contribution < -0.4 is 5.73 Å². The molecule has 0 saturated carbocycles. The first-order chi connectivity index (χ1) is 6.48. The summed E-state index contributed by atoms with van der Waals surface area (Å²) in [6.07, 6.45) is -0.980. The van der Waals surface area contributed by atoms with Crippen molar-refractivity contribution in [2.45, 2.75) is 6.18 Å². The zero-order valence-corrected chi connectivity index (χ0v) is 6.92. The molecule has 2 aliphatic rings. The number of rotatable bonds is 0. The highest BCUT2D eigenvalue weighted by Crippen LogP contribution is 2.37. The third-order valence-corrected chi connectivity index (χ3v) is 1.98. The largest absolute Gasteiger partial charge is 0.415 e. The van der Waals surface area contributed by atoms with Gasteiger partial charge in [-0.2, -0.15) is 13.2 Å². The molecule has 1 atom stereocenters. The maximum Gasteiger partial charge on any atom is 0.415 e. The molecule has 0 saturated heterocycles. The summed E-state index contributed by atoms with van der Waals surface area (Å²) in [5, 5.41) is 0. The summed E-state index contributed by atoms with van der Waals surface area (Å²) in [4.78, 5) is 7.29. The minimum absolute atomic E-state index is 0.145. The second-order valence-corrected chi connectivity index (χ2v) is 2.97. The molecule has 2 heterocycles. The van der Waals surface area contributed by atoms with Crippen molar-refractivity contribution in [1.82, 2.24) is 0 Å². The summed E-state index contributed by atoms with van der Waals surface area (Å²) < 4.78 is 37.2. The van der Waals surface area contributed by atoms with Gasteiger partial charge in [-0.05, 0) is 6.08 Å². The average molecular weight is 201 g/mol. The number of nitrogens with zero attached hydrogens (tertiary/aromatic N) is 2. The summed E-state index contributed by atoms with van der Waals surface area (Å²) in [6, 6.07) is 0. The zero-order chi connectivity index (χ0) is 10.3. The fourth-order valence-corrected chi connectivity index (χ4v) is 1.34. The Bertz CT molecular complexity index is 387. The van der Waals surface area contributed by atoms with Gasteiger partial charge in [-0.1, -0.05) is 0 Å². The van der Waals surface area contributed by atoms with Crippen LogP contribution in [0.15, 0.2) is 33.5 Å². The SMILES string of the molecule is NC1=C[C@@H]2C(C(F)(F)F)=CN=C2N=C1. The number of nitrogens with two attached hydrogens (primary N) is 1. The van der Waals surface area contributed by atoms with Crippen molar-refractivity contribution < 1.29 is 13.2 Å². The number of aliphatic imine (C=N–C) groups is 2. The van der Waals surface area contributed by atoms with Crippen molar-refractivity contribution in [3.05, 3.63) is 23.5 Å². The van der Waals surface area contributed by atoms with Gasteiger partial charge in [0.1, 0.15) is 5.84 Å². The van der Waals surface area contributed by atoms with Gasteiger partial charge in [0, 0.05) is 11.9 Å². The number of hydrogen-bond donors (Lipinski definition) is 1. The standard InChI is InChI=1S/C8H6F3N3/c9-8(10,11)6-3-14-7-5(6)1-4(12)2-13-7/h1-3,5H,12H2/t5-/m1/s1. The molecule has 2 N–H and O–H groups in total. The second kappa shape index (κ2) is 2.70. The second-order valence-electron chi connectivity index (χ2n) is 2.97. The fourth-order valence-electron chi connectivity index (χ4n) is 1.34. The van der Waals surface area contributed by atoms with E-state index in [0.29, 0.717) is 0 Å². The van der Waals surface area contributed by atoms with Crippen molar-refractivity contribution in [2.75, 3.05) is 0 Å². The Kier molecular flexibility index (Phi) is 1.73. The van der Waals surface area contributed by atoms with Gasteiger partial charge in [-0.15, -0.1) is 0 Å². The predicted octanol–water partition coefficient (Wildman–Crippen LogP) is 1.39. The Balaban J connectivity index is 2.34. The maximum atomic E-state index is 12.4. The van der Waals surface area contributed by atoms with Crippen molar-refractivity contribution in [1.29, 1.82) is 0 Å². The van der Waals surface area contributed by atoms with Crippen molar-refractivity contribution in [3.8, 4) is 0 Å². The van der Waals surface area contributed by atoms with Crippen LogP contribution in [-0.4, -0.2) is 18.2 Å². The molecule has 0 unspecified atom stereocenters. The van der Waals surface area contributed by atoms with Crippen LogP contribution in [0.5, 0.6) is 0 Å². The molecule has 0 aliphatic carbocycles. The molecule has 0 radical (unpaired) electrons. The molecule has 0 aromatic carbocycles. The quantitative estimate of drug-likeness (QED) is 0.632. The minimum atomic E-state index is -4.38. The highest BCUT2D eigenvalue weighted by molar-refractivity contribution is 6.02. The van der Waals surface area contributed by atoms with Crippen LogP contribution in [-0.2, 0) is 0 Å². The first kappa shape index (κ1) is 8.98. The van der Waals surface area contributed by atoms with E-state index < -0.39 is 17.7 Å². The van der Waals surface area contributed by atoms with Crippen molar-refractivity contribution in [2.24, 2.45) is 21.6 Å². The third kappa shape index (κ3) is 1.32. The van der Waals surface area contributed by atoms with Gasteiger partial charge >= 0.3 is 6.18 Å². The van der Waals surface area contributed by atoms with E-state index in [1.165, 1.54) is 12.3 Å². The van der Waals surface area contributed by atoms with Crippen LogP contribution >= 0.6 is 0 Å². The molecule has 14 heavy (non-hydrogen) atoms. The summed E-state index contributed by atoms with van der Waals surface area (Å²) in [5.74, 6) is -0.786. The fraction of sp³-hybridized carbons (Fsp3) is 0.250. The number of alkyl halides is 3. The monoisotopic (exact) mass is 201 g/mol. The molecular formula is C8H6F3N3. The lowest BCUT2D eigenvalue weighted by molar-refractivity contribution is -0.0948. The van der Waals surface area contributed by atoms with E-state index in [9.17, 15) is 13.2 Å². The summed E-state index contributed by atoms with van der Waals surface area (Å²) in [5.41, 5.74) is 4.87. The van der Waals surface area contributed by atoms with Crippen LogP contribution in [0, 0.1) is 5.92 Å². The lowest BCUT2D eigenvalue weighted by Gasteiger charge is -2.16. The van der Waals surface area contributed by atoms with Gasteiger partial charge in [-0.25, -0.2) is 9.98 Å². The lowest BCUT2D eigenvalue weighted by Crippen LogP contribution is -2.24. The highest BCUT2D eigenvalue weighted by atomic mass is 19.4. The lowest BCUT2D eigenvalue weighted by atomic mass is 9.97. The third-order valence-electron chi connectivity index (χ3n) is 1.98. The normalized spacial score (nSPS) is 25.4. The van der Waals surface area contributed by atoms with Gasteiger partial charge in [0.05, 0.1) is 17.7 Å². The Morgan fingerprint density at radius 2 is 2.07 bits per heavy atom. The molecular weight excluding hydrogens is 195 g/mol. The molecule has 74 valence electrons. The summed E-state index contributed by atoms with van der Waals surface area (Å²) in [7, 11) is 0. The van der Waals surface area contributed by atoms with Crippen molar-refractivity contribution in [3.63, 3.8) is 0 Å². The average Bonchev–Trinajstić information content (AvgIpc) is 2.45. The van der Waals surface area contributed by atoms with E-state index in [2.05, 4.69) is 9.98 Å². The molecule has 0 aromatic rings. The number of hydrogen-bond acceptors (Lipinski definition) is 3. The Labute approximate surface area is 77.5 Å². The number of dihydropyridines is 1. The Morgan fingerprint density at radius 1 is 1.36 bits per heavy atom. The molecule has 0 spiro atoms. The van der Waals surface area contributed by atoms with Crippen LogP contribution in [0.1, 0.15) is 0 Å². The van der Waals surface area contributed by atoms with Gasteiger partial charge in [0.2, 0.25) is 0 Å². The number of fused-ring (bicyclic) bond motifs is 1. The molecule has 2 rings (SSSR count). The molecule has 0 bridgehead atoms. The highest BCUT2D eigenvalue weighted by Gasteiger charge is 2.42. The molecule has 0 aromatic heterocycles. The smallest absolute Gasteiger partial charge is 0.398 e. The van der Waals surface area contributed by atoms with Crippen molar-refractivity contribution >= 4 is 12.1 Å². The first-order valence-corrected chi connectivity index (χ1v) is 3.85. The maximum absolute atomic E-state index is 12.4. The summed E-state index contributed by atoms with van der Waals surface area (Å²) in [6.45, 7) is 0. The molecule has 2 aliphatic heterocycles. The Hall–Kier alpha value is -1.59. The van der Waals surface area contributed by atoms with Crippen LogP contribution in [0.25, 0.3) is 0 Å². The van der Waals surface area contributed by atoms with E-state index in [4.69, 9.17) is 5.73 Å². The van der Waals surface area contributed by atoms with E-state index in [1.807, 2.05) is 0 Å². The number of allylic oxidation sites excluding steroid dienone is 1. The number of amidine groups is 1. The molecule has 0 fully saturated rings. The van der Waals surface area contributed by atoms with E-state index in [-0.39, 0.29) is 11.5 Å². The predicted molar refractivity (Wildman–Crippen MR) is 45.8 cm³/mol. The van der Waals surface area contributed by atoms with E-state index in [1.54, 1.807) is 0 Å². The van der Waals surface area contributed by atoms with E-state index >= 15 is 0 Å². The topological polar surface area (TPSA) is 50.7 Å². The van der Waals surface area contributed by atoms with E-state index in [0.717, 1.165) is 6.20 Å². The van der Waals surface area contributed by atoms with Crippen LogP contribution in [0.2, 0.25) is 0 Å².